The Bertz CT molecular complexity index is 785. The number of aromatic nitrogens is 1. The standard InChI is InChI=1S/C18H14FN/c1-13-6-7-15(17(19)12-13)8-9-18-16-5-3-2-4-14(16)10-11-20-18/h2-12H,1H3/b9-8+. The molecule has 1 heterocycles. The third kappa shape index (κ3) is 2.45. The maximum absolute atomic E-state index is 13.8. The molecule has 0 unspecified atom stereocenters. The lowest BCUT2D eigenvalue weighted by Crippen LogP contribution is -1.85. The maximum atomic E-state index is 13.8. The zero-order chi connectivity index (χ0) is 13.9. The molecule has 0 fully saturated rings. The summed E-state index contributed by atoms with van der Waals surface area (Å²) >= 11 is 0. The van der Waals surface area contributed by atoms with Crippen LogP contribution in [0.3, 0.4) is 0 Å². The molecule has 2 heteroatoms. The summed E-state index contributed by atoms with van der Waals surface area (Å²) in [4.78, 5) is 4.36. The average molecular weight is 263 g/mol. The predicted octanol–water partition coefficient (Wildman–Crippen LogP) is 4.85. The summed E-state index contributed by atoms with van der Waals surface area (Å²) in [6.07, 6.45) is 5.40. The second kappa shape index (κ2) is 5.25. The summed E-state index contributed by atoms with van der Waals surface area (Å²) in [5.41, 5.74) is 2.34. The molecule has 1 nitrogen and oxygen atoms in total. The summed E-state index contributed by atoms with van der Waals surface area (Å²) in [6, 6.07) is 15.2. The van der Waals surface area contributed by atoms with Gasteiger partial charge in [0.1, 0.15) is 5.82 Å². The van der Waals surface area contributed by atoms with Crippen molar-refractivity contribution in [2.24, 2.45) is 0 Å². The molecule has 0 aliphatic carbocycles. The molecule has 0 saturated heterocycles. The third-order valence-electron chi connectivity index (χ3n) is 3.28. The molecule has 20 heavy (non-hydrogen) atoms. The van der Waals surface area contributed by atoms with E-state index in [1.165, 1.54) is 6.07 Å². The van der Waals surface area contributed by atoms with E-state index in [0.29, 0.717) is 5.56 Å². The van der Waals surface area contributed by atoms with Gasteiger partial charge in [0.25, 0.3) is 0 Å². The van der Waals surface area contributed by atoms with E-state index < -0.39 is 0 Å². The first-order valence-electron chi connectivity index (χ1n) is 6.52. The molecule has 2 aromatic carbocycles. The van der Waals surface area contributed by atoms with Gasteiger partial charge in [-0.1, -0.05) is 36.4 Å². The van der Waals surface area contributed by atoms with E-state index in [1.54, 1.807) is 18.3 Å². The number of hydrogen-bond acceptors (Lipinski definition) is 1. The molecule has 3 aromatic rings. The second-order valence-electron chi connectivity index (χ2n) is 4.78. The van der Waals surface area contributed by atoms with Gasteiger partial charge in [-0.25, -0.2) is 4.39 Å². The van der Waals surface area contributed by atoms with Crippen LogP contribution in [0.25, 0.3) is 22.9 Å². The van der Waals surface area contributed by atoms with Gasteiger partial charge in [0.15, 0.2) is 0 Å². The van der Waals surface area contributed by atoms with Crippen molar-refractivity contribution in [1.82, 2.24) is 4.98 Å². The highest BCUT2D eigenvalue weighted by atomic mass is 19.1. The van der Waals surface area contributed by atoms with Gasteiger partial charge >= 0.3 is 0 Å². The Kier molecular flexibility index (Phi) is 3.30. The van der Waals surface area contributed by atoms with Gasteiger partial charge in [-0.3, -0.25) is 4.98 Å². The van der Waals surface area contributed by atoms with Crippen molar-refractivity contribution >= 4 is 22.9 Å². The highest BCUT2D eigenvalue weighted by molar-refractivity contribution is 5.91. The Balaban J connectivity index is 2.02. The minimum absolute atomic E-state index is 0.207. The Labute approximate surface area is 117 Å². The van der Waals surface area contributed by atoms with E-state index in [1.807, 2.05) is 49.4 Å². The molecule has 0 saturated carbocycles. The second-order valence-corrected chi connectivity index (χ2v) is 4.78. The van der Waals surface area contributed by atoms with Crippen LogP contribution in [0.15, 0.2) is 54.7 Å². The van der Waals surface area contributed by atoms with Crippen LogP contribution in [0.1, 0.15) is 16.8 Å². The highest BCUT2D eigenvalue weighted by Crippen LogP contribution is 2.19. The Hall–Kier alpha value is -2.48. The van der Waals surface area contributed by atoms with Crippen LogP contribution in [0.4, 0.5) is 4.39 Å². The highest BCUT2D eigenvalue weighted by Gasteiger charge is 2.00. The first kappa shape index (κ1) is 12.5. The fourth-order valence-electron chi connectivity index (χ4n) is 2.21. The lowest BCUT2D eigenvalue weighted by Gasteiger charge is -2.01. The minimum atomic E-state index is -0.207. The Morgan fingerprint density at radius 2 is 1.85 bits per heavy atom. The van der Waals surface area contributed by atoms with E-state index in [4.69, 9.17) is 0 Å². The number of hydrogen-bond donors (Lipinski definition) is 0. The fourth-order valence-corrected chi connectivity index (χ4v) is 2.21. The zero-order valence-corrected chi connectivity index (χ0v) is 11.2. The van der Waals surface area contributed by atoms with E-state index in [2.05, 4.69) is 4.98 Å². The summed E-state index contributed by atoms with van der Waals surface area (Å²) in [5.74, 6) is -0.207. The maximum Gasteiger partial charge on any atom is 0.130 e. The number of halogens is 1. The lowest BCUT2D eigenvalue weighted by molar-refractivity contribution is 0.624. The summed E-state index contributed by atoms with van der Waals surface area (Å²) < 4.78 is 13.8. The van der Waals surface area contributed by atoms with E-state index in [0.717, 1.165) is 22.0 Å². The molecule has 0 aliphatic rings. The molecule has 0 amide bonds. The third-order valence-corrected chi connectivity index (χ3v) is 3.28. The number of rotatable bonds is 2. The normalized spacial score (nSPS) is 11.3. The van der Waals surface area contributed by atoms with Crippen molar-refractivity contribution in [3.05, 3.63) is 77.4 Å². The molecule has 0 radical (unpaired) electrons. The van der Waals surface area contributed by atoms with Crippen LogP contribution in [0.5, 0.6) is 0 Å². The van der Waals surface area contributed by atoms with Crippen molar-refractivity contribution in [3.8, 4) is 0 Å². The number of nitrogens with zero attached hydrogens (tertiary/aromatic N) is 1. The number of pyridine rings is 1. The quantitative estimate of drug-likeness (QED) is 0.644. The minimum Gasteiger partial charge on any atom is -0.256 e. The van der Waals surface area contributed by atoms with E-state index in [-0.39, 0.29) is 5.82 Å². The van der Waals surface area contributed by atoms with Crippen molar-refractivity contribution in [2.45, 2.75) is 6.92 Å². The van der Waals surface area contributed by atoms with Crippen molar-refractivity contribution in [3.63, 3.8) is 0 Å². The van der Waals surface area contributed by atoms with E-state index in [9.17, 15) is 4.39 Å². The predicted molar refractivity (Wildman–Crippen MR) is 81.8 cm³/mol. The topological polar surface area (TPSA) is 12.9 Å². The van der Waals surface area contributed by atoms with Gasteiger partial charge in [0, 0.05) is 17.1 Å². The Morgan fingerprint density at radius 1 is 1.00 bits per heavy atom. The average Bonchev–Trinajstić information content (AvgIpc) is 2.46. The van der Waals surface area contributed by atoms with Crippen LogP contribution in [0.2, 0.25) is 0 Å². The van der Waals surface area contributed by atoms with Crippen LogP contribution in [0, 0.1) is 12.7 Å². The molecule has 3 rings (SSSR count). The first-order chi connectivity index (χ1) is 9.74. The number of fused-ring (bicyclic) bond motifs is 1. The monoisotopic (exact) mass is 263 g/mol. The van der Waals surface area contributed by atoms with Crippen LogP contribution >= 0.6 is 0 Å². The summed E-state index contributed by atoms with van der Waals surface area (Å²) in [6.45, 7) is 1.88. The van der Waals surface area contributed by atoms with Crippen molar-refractivity contribution in [1.29, 1.82) is 0 Å². The smallest absolute Gasteiger partial charge is 0.130 e. The lowest BCUT2D eigenvalue weighted by atomic mass is 10.1. The van der Waals surface area contributed by atoms with Crippen molar-refractivity contribution < 1.29 is 4.39 Å². The molecule has 98 valence electrons. The Morgan fingerprint density at radius 3 is 2.70 bits per heavy atom. The fraction of sp³-hybridized carbons (Fsp3) is 0.0556. The summed E-state index contributed by atoms with van der Waals surface area (Å²) in [7, 11) is 0. The first-order valence-corrected chi connectivity index (χ1v) is 6.52. The zero-order valence-electron chi connectivity index (χ0n) is 11.2. The van der Waals surface area contributed by atoms with E-state index >= 15 is 0 Å². The molecule has 0 N–H and O–H groups in total. The molecule has 0 aliphatic heterocycles. The molecule has 1 aromatic heterocycles. The van der Waals surface area contributed by atoms with Crippen molar-refractivity contribution in [2.75, 3.05) is 0 Å². The van der Waals surface area contributed by atoms with Crippen LogP contribution in [-0.2, 0) is 0 Å². The van der Waals surface area contributed by atoms with Gasteiger partial charge in [-0.2, -0.15) is 0 Å². The largest absolute Gasteiger partial charge is 0.256 e. The van der Waals surface area contributed by atoms with Gasteiger partial charge < -0.3 is 0 Å². The molecule has 0 spiro atoms. The molecule has 0 atom stereocenters. The van der Waals surface area contributed by atoms with Gasteiger partial charge in [-0.05, 0) is 42.2 Å². The SMILES string of the molecule is Cc1ccc(/C=C/c2nccc3ccccc23)c(F)c1. The van der Waals surface area contributed by atoms with Gasteiger partial charge in [-0.15, -0.1) is 0 Å². The van der Waals surface area contributed by atoms with Crippen LogP contribution in [-0.4, -0.2) is 4.98 Å². The van der Waals surface area contributed by atoms with Gasteiger partial charge in [0.2, 0.25) is 0 Å². The number of aryl methyl sites for hydroxylation is 1. The molecule has 0 bridgehead atoms. The van der Waals surface area contributed by atoms with Gasteiger partial charge in [0.05, 0.1) is 5.69 Å². The summed E-state index contributed by atoms with van der Waals surface area (Å²) in [5, 5.41) is 2.20. The molecular formula is C18H14FN. The number of benzene rings is 2. The molecular weight excluding hydrogens is 249 g/mol. The van der Waals surface area contributed by atoms with Crippen LogP contribution < -0.4 is 0 Å².